The number of aromatic nitrogens is 1. The van der Waals surface area contributed by atoms with Gasteiger partial charge < -0.3 is 21.1 Å². The number of fused-ring (bicyclic) bond motifs is 1. The van der Waals surface area contributed by atoms with Gasteiger partial charge in [0.1, 0.15) is 18.2 Å². The van der Waals surface area contributed by atoms with Crippen LogP contribution in [0.2, 0.25) is 0 Å². The lowest BCUT2D eigenvalue weighted by molar-refractivity contribution is 0.0732. The summed E-state index contributed by atoms with van der Waals surface area (Å²) < 4.78 is 5.92. The maximum Gasteiger partial charge on any atom is 0.254 e. The summed E-state index contributed by atoms with van der Waals surface area (Å²) in [4.78, 5) is 20.5. The number of hydrogen-bond acceptors (Lipinski definition) is 6. The molecule has 0 unspecified atom stereocenters. The van der Waals surface area contributed by atoms with Crippen molar-refractivity contribution in [3.05, 3.63) is 71.4 Å². The average molecular weight is 435 g/mol. The molecule has 1 aromatic heterocycles. The van der Waals surface area contributed by atoms with E-state index in [4.69, 9.17) is 16.2 Å². The van der Waals surface area contributed by atoms with Crippen LogP contribution in [-0.4, -0.2) is 41.2 Å². The Balaban J connectivity index is 1.57. The van der Waals surface area contributed by atoms with Crippen LogP contribution < -0.4 is 16.2 Å². The fourth-order valence-corrected chi connectivity index (χ4v) is 4.41. The standard InChI is InChI=1S/C24H26N4O2S/c1-16-12-20(31-11-8-25)4-5-21(16)24(29)28-9-10-30-22-6-2-17(13-19(22)15-28)18-3-7-23(26)27-14-18/h2-7,12-14H,8-11,15,25H2,1H3,(H2,26,27). The summed E-state index contributed by atoms with van der Waals surface area (Å²) in [6.45, 7) is 4.11. The first kappa shape index (κ1) is 21.2. The maximum atomic E-state index is 13.3. The molecule has 2 aromatic carbocycles. The van der Waals surface area contributed by atoms with E-state index in [1.807, 2.05) is 42.2 Å². The number of nitrogens with two attached hydrogens (primary N) is 2. The molecule has 0 radical (unpaired) electrons. The van der Waals surface area contributed by atoms with Crippen LogP contribution in [0.1, 0.15) is 21.5 Å². The minimum Gasteiger partial charge on any atom is -0.491 e. The first-order valence-corrected chi connectivity index (χ1v) is 11.2. The lowest BCUT2D eigenvalue weighted by Gasteiger charge is -2.21. The molecule has 4 N–H and O–H groups in total. The van der Waals surface area contributed by atoms with Crippen LogP contribution in [0.25, 0.3) is 11.1 Å². The van der Waals surface area contributed by atoms with Crippen molar-refractivity contribution in [2.45, 2.75) is 18.4 Å². The topological polar surface area (TPSA) is 94.5 Å². The van der Waals surface area contributed by atoms with Crippen LogP contribution in [-0.2, 0) is 6.54 Å². The first-order valence-electron chi connectivity index (χ1n) is 10.3. The van der Waals surface area contributed by atoms with E-state index in [2.05, 4.69) is 17.1 Å². The van der Waals surface area contributed by atoms with Gasteiger partial charge in [0.25, 0.3) is 5.91 Å². The summed E-state index contributed by atoms with van der Waals surface area (Å²) in [5.41, 5.74) is 16.0. The van der Waals surface area contributed by atoms with Crippen molar-refractivity contribution in [3.63, 3.8) is 0 Å². The van der Waals surface area contributed by atoms with Gasteiger partial charge in [0.2, 0.25) is 0 Å². The van der Waals surface area contributed by atoms with Gasteiger partial charge in [-0.1, -0.05) is 6.07 Å². The van der Waals surface area contributed by atoms with Crippen molar-refractivity contribution < 1.29 is 9.53 Å². The molecule has 6 nitrogen and oxygen atoms in total. The van der Waals surface area contributed by atoms with Crippen molar-refractivity contribution in [2.24, 2.45) is 5.73 Å². The van der Waals surface area contributed by atoms with E-state index in [1.54, 1.807) is 24.0 Å². The predicted octanol–water partition coefficient (Wildman–Crippen LogP) is 3.72. The van der Waals surface area contributed by atoms with Crippen LogP contribution in [0, 0.1) is 6.92 Å². The number of thioether (sulfide) groups is 1. The number of hydrogen-bond donors (Lipinski definition) is 2. The number of ether oxygens (including phenoxy) is 1. The molecule has 1 aliphatic rings. The molecule has 0 bridgehead atoms. The van der Waals surface area contributed by atoms with Gasteiger partial charge in [-0.05, 0) is 60.5 Å². The third kappa shape index (κ3) is 4.84. The first-order chi connectivity index (χ1) is 15.0. The Morgan fingerprint density at radius 1 is 1.16 bits per heavy atom. The summed E-state index contributed by atoms with van der Waals surface area (Å²) in [5, 5.41) is 0. The Labute approximate surface area is 186 Å². The van der Waals surface area contributed by atoms with Crippen LogP contribution in [0.3, 0.4) is 0 Å². The predicted molar refractivity (Wildman–Crippen MR) is 125 cm³/mol. The second-order valence-corrected chi connectivity index (χ2v) is 8.65. The average Bonchev–Trinajstić information content (AvgIpc) is 3.00. The Kier molecular flexibility index (Phi) is 6.44. The Hall–Kier alpha value is -3.03. The summed E-state index contributed by atoms with van der Waals surface area (Å²) in [6, 6.07) is 15.7. The van der Waals surface area contributed by atoms with Crippen LogP contribution >= 0.6 is 11.8 Å². The molecule has 0 saturated heterocycles. The minimum absolute atomic E-state index is 0.0175. The van der Waals surface area contributed by atoms with E-state index in [0.717, 1.165) is 44.2 Å². The summed E-state index contributed by atoms with van der Waals surface area (Å²) >= 11 is 1.70. The second-order valence-electron chi connectivity index (χ2n) is 7.48. The zero-order valence-electron chi connectivity index (χ0n) is 17.5. The number of aryl methyl sites for hydroxylation is 1. The van der Waals surface area contributed by atoms with Crippen molar-refractivity contribution in [1.29, 1.82) is 0 Å². The number of amides is 1. The smallest absolute Gasteiger partial charge is 0.254 e. The molecule has 2 heterocycles. The monoisotopic (exact) mass is 434 g/mol. The lowest BCUT2D eigenvalue weighted by atomic mass is 10.0. The van der Waals surface area contributed by atoms with Gasteiger partial charge in [0, 0.05) is 46.6 Å². The molecule has 0 spiro atoms. The number of rotatable bonds is 5. The highest BCUT2D eigenvalue weighted by Crippen LogP contribution is 2.30. The fraction of sp³-hybridized carbons (Fsp3) is 0.250. The van der Waals surface area contributed by atoms with E-state index in [1.165, 1.54) is 0 Å². The van der Waals surface area contributed by atoms with Crippen molar-refractivity contribution in [1.82, 2.24) is 9.88 Å². The third-order valence-electron chi connectivity index (χ3n) is 5.26. The minimum atomic E-state index is 0.0175. The molecular weight excluding hydrogens is 408 g/mol. The van der Waals surface area contributed by atoms with Gasteiger partial charge in [-0.3, -0.25) is 4.79 Å². The quantitative estimate of drug-likeness (QED) is 0.594. The molecule has 160 valence electrons. The number of carbonyl (C=O) groups excluding carboxylic acids is 1. The number of anilines is 1. The van der Waals surface area contributed by atoms with E-state index in [-0.39, 0.29) is 5.91 Å². The summed E-state index contributed by atoms with van der Waals surface area (Å²) in [7, 11) is 0. The summed E-state index contributed by atoms with van der Waals surface area (Å²) in [6.07, 6.45) is 1.76. The number of benzene rings is 2. The van der Waals surface area contributed by atoms with E-state index in [9.17, 15) is 4.79 Å². The molecule has 31 heavy (non-hydrogen) atoms. The number of pyridine rings is 1. The van der Waals surface area contributed by atoms with Gasteiger partial charge in [0.15, 0.2) is 0 Å². The number of carbonyl (C=O) groups is 1. The van der Waals surface area contributed by atoms with Gasteiger partial charge in [0.05, 0.1) is 6.54 Å². The second kappa shape index (κ2) is 9.41. The SMILES string of the molecule is Cc1cc(SCCN)ccc1C(=O)N1CCOc2ccc(-c3ccc(N)nc3)cc2C1. The van der Waals surface area contributed by atoms with Crippen LogP contribution in [0.15, 0.2) is 59.6 Å². The van der Waals surface area contributed by atoms with Gasteiger partial charge in [-0.15, -0.1) is 11.8 Å². The number of nitrogen functional groups attached to an aromatic ring is 1. The molecule has 1 amide bonds. The van der Waals surface area contributed by atoms with Crippen LogP contribution in [0.5, 0.6) is 5.75 Å². The molecule has 4 rings (SSSR count). The molecule has 0 atom stereocenters. The van der Waals surface area contributed by atoms with Crippen molar-refractivity contribution in [3.8, 4) is 16.9 Å². The van der Waals surface area contributed by atoms with Crippen LogP contribution in [0.4, 0.5) is 5.82 Å². The van der Waals surface area contributed by atoms with Gasteiger partial charge in [-0.2, -0.15) is 0 Å². The van der Waals surface area contributed by atoms with E-state index in [0.29, 0.717) is 32.1 Å². The highest BCUT2D eigenvalue weighted by atomic mass is 32.2. The molecule has 0 saturated carbocycles. The van der Waals surface area contributed by atoms with E-state index < -0.39 is 0 Å². The Bertz CT molecular complexity index is 1090. The molecular formula is C24H26N4O2S. The Morgan fingerprint density at radius 3 is 2.74 bits per heavy atom. The summed E-state index contributed by atoms with van der Waals surface area (Å²) in [5.74, 6) is 2.18. The highest BCUT2D eigenvalue weighted by Gasteiger charge is 2.23. The Morgan fingerprint density at radius 2 is 2.00 bits per heavy atom. The molecule has 1 aliphatic heterocycles. The van der Waals surface area contributed by atoms with Crippen molar-refractivity contribution >= 4 is 23.5 Å². The van der Waals surface area contributed by atoms with Crippen molar-refractivity contribution in [2.75, 3.05) is 31.2 Å². The lowest BCUT2D eigenvalue weighted by Crippen LogP contribution is -2.32. The van der Waals surface area contributed by atoms with Gasteiger partial charge >= 0.3 is 0 Å². The zero-order chi connectivity index (χ0) is 21.8. The fourth-order valence-electron chi connectivity index (χ4n) is 3.64. The molecule has 3 aromatic rings. The molecule has 0 fully saturated rings. The largest absolute Gasteiger partial charge is 0.491 e. The third-order valence-corrected chi connectivity index (χ3v) is 6.29. The normalized spacial score (nSPS) is 13.3. The van der Waals surface area contributed by atoms with E-state index >= 15 is 0 Å². The van der Waals surface area contributed by atoms with Gasteiger partial charge in [-0.25, -0.2) is 4.98 Å². The molecule has 7 heteroatoms. The maximum absolute atomic E-state index is 13.3. The zero-order valence-corrected chi connectivity index (χ0v) is 18.3. The number of nitrogens with zero attached hydrogens (tertiary/aromatic N) is 2. The highest BCUT2D eigenvalue weighted by molar-refractivity contribution is 7.99. The molecule has 0 aliphatic carbocycles.